The number of ether oxygens (including phenoxy) is 2. The summed E-state index contributed by atoms with van der Waals surface area (Å²) in [5, 5.41) is 0. The molecule has 0 bridgehead atoms. The van der Waals surface area contributed by atoms with E-state index in [0.717, 1.165) is 29.7 Å². The van der Waals surface area contributed by atoms with Gasteiger partial charge in [-0.05, 0) is 30.3 Å². The highest BCUT2D eigenvalue weighted by atomic mass is 32.2. The molecule has 0 aliphatic carbocycles. The number of pyridine rings is 1. The van der Waals surface area contributed by atoms with Gasteiger partial charge in [-0.25, -0.2) is 26.6 Å². The maximum absolute atomic E-state index is 13.0. The number of anilines is 1. The van der Waals surface area contributed by atoms with E-state index in [4.69, 9.17) is 4.74 Å². The summed E-state index contributed by atoms with van der Waals surface area (Å²) < 4.78 is 97.7. The predicted molar refractivity (Wildman–Crippen MR) is 95.3 cm³/mol. The number of aromatic nitrogens is 1. The Labute approximate surface area is 169 Å². The predicted octanol–water partition coefficient (Wildman–Crippen LogP) is 1.75. The van der Waals surface area contributed by atoms with Gasteiger partial charge in [-0.1, -0.05) is 0 Å². The molecule has 3 rings (SSSR count). The number of halogens is 3. The summed E-state index contributed by atoms with van der Waals surface area (Å²) in [4.78, 5) is 14.1. The lowest BCUT2D eigenvalue weighted by Crippen LogP contribution is -2.38. The second-order valence-corrected chi connectivity index (χ2v) is 9.69. The summed E-state index contributed by atoms with van der Waals surface area (Å²) >= 11 is 0. The molecule has 30 heavy (non-hydrogen) atoms. The van der Waals surface area contributed by atoms with Crippen LogP contribution in [0.1, 0.15) is 10.4 Å². The SMILES string of the molecule is COC(=O)c1cnc2c(c1)N(S(=O)(=O)c1ccc(S(=O)(=O)C(F)(F)F)cc1)CCO2. The lowest BCUT2D eigenvalue weighted by atomic mass is 10.2. The van der Waals surface area contributed by atoms with E-state index in [1.54, 1.807) is 0 Å². The minimum absolute atomic E-state index is 0.0476. The molecule has 0 radical (unpaired) electrons. The molecule has 0 N–H and O–H groups in total. The van der Waals surface area contributed by atoms with Gasteiger partial charge in [0, 0.05) is 6.20 Å². The van der Waals surface area contributed by atoms with Crippen molar-refractivity contribution in [1.82, 2.24) is 4.98 Å². The molecular weight excluding hydrogens is 453 g/mol. The van der Waals surface area contributed by atoms with E-state index in [9.17, 15) is 34.8 Å². The molecule has 2 aromatic rings. The zero-order valence-corrected chi connectivity index (χ0v) is 16.7. The fraction of sp³-hybridized carbons (Fsp3) is 0.250. The lowest BCUT2D eigenvalue weighted by Gasteiger charge is -2.29. The highest BCUT2D eigenvalue weighted by Crippen LogP contribution is 2.35. The molecule has 0 amide bonds. The Morgan fingerprint density at radius 2 is 1.73 bits per heavy atom. The van der Waals surface area contributed by atoms with E-state index in [1.165, 1.54) is 6.07 Å². The Balaban J connectivity index is 2.03. The number of benzene rings is 1. The van der Waals surface area contributed by atoms with Crippen molar-refractivity contribution in [3.8, 4) is 5.88 Å². The first-order valence-corrected chi connectivity index (χ1v) is 11.0. The van der Waals surface area contributed by atoms with Crippen LogP contribution in [0.2, 0.25) is 0 Å². The smallest absolute Gasteiger partial charge is 0.474 e. The van der Waals surface area contributed by atoms with Crippen molar-refractivity contribution in [3.63, 3.8) is 0 Å². The number of sulfone groups is 1. The Bertz CT molecular complexity index is 1190. The number of fused-ring (bicyclic) bond motifs is 1. The fourth-order valence-electron chi connectivity index (χ4n) is 2.61. The van der Waals surface area contributed by atoms with Crippen LogP contribution >= 0.6 is 0 Å². The number of carbonyl (C=O) groups is 1. The summed E-state index contributed by atoms with van der Waals surface area (Å²) in [6.07, 6.45) is 1.14. The third-order valence-corrected chi connectivity index (χ3v) is 7.41. The summed E-state index contributed by atoms with van der Waals surface area (Å²) in [7, 11) is -8.83. The Kier molecular flexibility index (Phi) is 5.41. The topological polar surface area (TPSA) is 120 Å². The number of esters is 1. The zero-order valence-electron chi connectivity index (χ0n) is 15.1. The second kappa shape index (κ2) is 7.43. The molecule has 1 aromatic carbocycles. The van der Waals surface area contributed by atoms with E-state index < -0.39 is 41.1 Å². The second-order valence-electron chi connectivity index (χ2n) is 5.89. The van der Waals surface area contributed by atoms with Crippen LogP contribution in [0.5, 0.6) is 5.88 Å². The van der Waals surface area contributed by atoms with Crippen LogP contribution in [-0.4, -0.2) is 53.6 Å². The van der Waals surface area contributed by atoms with Crippen LogP contribution in [0.25, 0.3) is 0 Å². The number of rotatable bonds is 4. The Morgan fingerprint density at radius 3 is 2.30 bits per heavy atom. The molecule has 2 heterocycles. The van der Waals surface area contributed by atoms with Crippen molar-refractivity contribution < 1.29 is 44.3 Å². The van der Waals surface area contributed by atoms with Crippen LogP contribution in [0.4, 0.5) is 18.9 Å². The monoisotopic (exact) mass is 466 g/mol. The van der Waals surface area contributed by atoms with Crippen molar-refractivity contribution in [1.29, 1.82) is 0 Å². The maximum Gasteiger partial charge on any atom is 0.501 e. The number of carbonyl (C=O) groups excluding carboxylic acids is 1. The van der Waals surface area contributed by atoms with Crippen LogP contribution in [-0.2, 0) is 24.6 Å². The van der Waals surface area contributed by atoms with Gasteiger partial charge in [-0.2, -0.15) is 13.2 Å². The minimum atomic E-state index is -5.62. The van der Waals surface area contributed by atoms with Crippen LogP contribution in [0.15, 0.2) is 46.3 Å². The number of sulfonamides is 1. The third kappa shape index (κ3) is 3.67. The third-order valence-electron chi connectivity index (χ3n) is 4.08. The average molecular weight is 466 g/mol. The van der Waals surface area contributed by atoms with Crippen LogP contribution in [0, 0.1) is 0 Å². The summed E-state index contributed by atoms with van der Waals surface area (Å²) in [5.74, 6) is -0.844. The number of methoxy groups -OCH3 is 1. The molecule has 1 aliphatic heterocycles. The van der Waals surface area contributed by atoms with Gasteiger partial charge in [-0.3, -0.25) is 4.31 Å². The first-order chi connectivity index (χ1) is 13.9. The molecule has 9 nitrogen and oxygen atoms in total. The highest BCUT2D eigenvalue weighted by Gasteiger charge is 2.47. The first kappa shape index (κ1) is 21.8. The van der Waals surface area contributed by atoms with Gasteiger partial charge in [0.1, 0.15) is 12.3 Å². The van der Waals surface area contributed by atoms with Crippen molar-refractivity contribution in [3.05, 3.63) is 42.1 Å². The Hall–Kier alpha value is -2.87. The maximum atomic E-state index is 13.0. The first-order valence-electron chi connectivity index (χ1n) is 8.05. The van der Waals surface area contributed by atoms with Gasteiger partial charge in [0.2, 0.25) is 5.88 Å². The molecule has 0 fully saturated rings. The van der Waals surface area contributed by atoms with Gasteiger partial charge < -0.3 is 9.47 Å². The molecule has 0 saturated heterocycles. The van der Waals surface area contributed by atoms with Crippen molar-refractivity contribution in [2.75, 3.05) is 24.6 Å². The zero-order chi connectivity index (χ0) is 22.3. The van der Waals surface area contributed by atoms with Crippen molar-refractivity contribution in [2.45, 2.75) is 15.3 Å². The molecule has 1 aliphatic rings. The lowest BCUT2D eigenvalue weighted by molar-refractivity contribution is -0.0436. The van der Waals surface area contributed by atoms with Gasteiger partial charge in [0.05, 0.1) is 29.0 Å². The van der Waals surface area contributed by atoms with Crippen molar-refractivity contribution in [2.24, 2.45) is 0 Å². The van der Waals surface area contributed by atoms with E-state index in [2.05, 4.69) is 9.72 Å². The summed E-state index contributed by atoms with van der Waals surface area (Å²) in [5.41, 5.74) is -5.64. The van der Waals surface area contributed by atoms with Gasteiger partial charge in [0.15, 0.2) is 0 Å². The average Bonchev–Trinajstić information content (AvgIpc) is 2.71. The largest absolute Gasteiger partial charge is 0.501 e. The van der Waals surface area contributed by atoms with E-state index in [-0.39, 0.29) is 30.3 Å². The van der Waals surface area contributed by atoms with Crippen molar-refractivity contribution >= 4 is 31.5 Å². The molecule has 0 atom stereocenters. The molecule has 162 valence electrons. The fourth-order valence-corrected chi connectivity index (χ4v) is 4.81. The van der Waals surface area contributed by atoms with Crippen LogP contribution in [0.3, 0.4) is 0 Å². The summed E-state index contributed by atoms with van der Waals surface area (Å²) in [6, 6.07) is 3.80. The van der Waals surface area contributed by atoms with E-state index in [0.29, 0.717) is 12.1 Å². The minimum Gasteiger partial charge on any atom is -0.474 e. The molecule has 14 heteroatoms. The number of hydrogen-bond acceptors (Lipinski definition) is 8. The number of hydrogen-bond donors (Lipinski definition) is 0. The van der Waals surface area contributed by atoms with E-state index >= 15 is 0 Å². The molecular formula is C16H13F3N2O7S2. The number of alkyl halides is 3. The standard InChI is InChI=1S/C16H13F3N2O7S2/c1-27-15(22)10-8-13-14(20-9-10)28-7-6-21(13)30(25,26)12-4-2-11(3-5-12)29(23,24)16(17,18)19/h2-5,8-9H,6-7H2,1H3. The van der Waals surface area contributed by atoms with Gasteiger partial charge in [-0.15, -0.1) is 0 Å². The Morgan fingerprint density at radius 1 is 1.13 bits per heavy atom. The normalized spacial score (nSPS) is 14.6. The summed E-state index contributed by atoms with van der Waals surface area (Å²) in [6.45, 7) is -0.248. The van der Waals surface area contributed by atoms with Gasteiger partial charge in [0.25, 0.3) is 19.9 Å². The molecule has 0 spiro atoms. The quantitative estimate of drug-likeness (QED) is 0.625. The van der Waals surface area contributed by atoms with Crippen LogP contribution < -0.4 is 9.04 Å². The molecule has 0 saturated carbocycles. The number of nitrogens with zero attached hydrogens (tertiary/aromatic N) is 2. The highest BCUT2D eigenvalue weighted by molar-refractivity contribution is 7.93. The van der Waals surface area contributed by atoms with Gasteiger partial charge >= 0.3 is 11.5 Å². The molecule has 0 unspecified atom stereocenters. The van der Waals surface area contributed by atoms with E-state index in [1.807, 2.05) is 0 Å². The molecule has 1 aromatic heterocycles.